The number of esters is 1. The number of H-pyrrole nitrogens is 1. The van der Waals surface area contributed by atoms with Gasteiger partial charge in [0.15, 0.2) is 0 Å². The number of hydrogen-bond acceptors (Lipinski definition) is 5. The number of aromatic amines is 1. The number of fused-ring (bicyclic) bond motifs is 1. The van der Waals surface area contributed by atoms with Gasteiger partial charge in [0.05, 0.1) is 12.0 Å². The van der Waals surface area contributed by atoms with E-state index in [1.54, 1.807) is 6.92 Å². The molecule has 0 spiro atoms. The number of aryl methyl sites for hydroxylation is 2. The van der Waals surface area contributed by atoms with Gasteiger partial charge < -0.3 is 14.3 Å². The number of aliphatic hydroxyl groups excluding tert-OH is 1. The van der Waals surface area contributed by atoms with E-state index in [0.717, 1.165) is 11.1 Å². The van der Waals surface area contributed by atoms with E-state index >= 15 is 0 Å². The first kappa shape index (κ1) is 10.7. The molecule has 2 heterocycles. The van der Waals surface area contributed by atoms with E-state index in [-0.39, 0.29) is 19.0 Å². The molecule has 2 aromatic heterocycles. The van der Waals surface area contributed by atoms with Crippen LogP contribution in [0.1, 0.15) is 21.8 Å². The highest BCUT2D eigenvalue weighted by atomic mass is 16.6. The lowest BCUT2D eigenvalue weighted by Crippen LogP contribution is -2.08. The highest BCUT2D eigenvalue weighted by Gasteiger charge is 2.21. The van der Waals surface area contributed by atoms with Crippen molar-refractivity contribution < 1.29 is 19.1 Å². The Hall–Kier alpha value is -1.82. The lowest BCUT2D eigenvalue weighted by molar-refractivity contribution is 0.0399. The molecule has 0 aliphatic carbocycles. The average molecular weight is 224 g/mol. The molecule has 0 aromatic carbocycles. The Balaban J connectivity index is 2.38. The Morgan fingerprint density at radius 1 is 1.56 bits per heavy atom. The number of hydrogen-bond donors (Lipinski definition) is 2. The number of aliphatic hydroxyl groups is 1. The van der Waals surface area contributed by atoms with E-state index in [1.165, 1.54) is 0 Å². The van der Waals surface area contributed by atoms with Gasteiger partial charge in [-0.1, -0.05) is 0 Å². The summed E-state index contributed by atoms with van der Waals surface area (Å²) < 4.78 is 10.1. The first-order chi connectivity index (χ1) is 7.65. The number of nitrogens with zero attached hydrogens (tertiary/aromatic N) is 1. The molecule has 6 heteroatoms. The standard InChI is InChI=1S/C10H12N2O4/c1-5-7-6(2)11-12-9(7)16-8(5)10(14)15-4-3-13/h13H,3-4H2,1-2H3,(H,11,12). The van der Waals surface area contributed by atoms with Crippen molar-refractivity contribution in [2.45, 2.75) is 13.8 Å². The van der Waals surface area contributed by atoms with Crippen molar-refractivity contribution in [2.75, 3.05) is 13.2 Å². The quantitative estimate of drug-likeness (QED) is 0.757. The molecule has 0 amide bonds. The average Bonchev–Trinajstić information content (AvgIpc) is 2.78. The predicted molar refractivity (Wildman–Crippen MR) is 55.2 cm³/mol. The second kappa shape index (κ2) is 3.97. The zero-order valence-electron chi connectivity index (χ0n) is 9.03. The Bertz CT molecular complexity index is 526. The first-order valence-corrected chi connectivity index (χ1v) is 4.87. The topological polar surface area (TPSA) is 88.4 Å². The SMILES string of the molecule is Cc1[nH]nc2oc(C(=O)OCCO)c(C)c12. The van der Waals surface area contributed by atoms with Gasteiger partial charge in [-0.25, -0.2) is 4.79 Å². The lowest BCUT2D eigenvalue weighted by atomic mass is 10.2. The van der Waals surface area contributed by atoms with Gasteiger partial charge in [0.1, 0.15) is 6.61 Å². The molecule has 0 aliphatic heterocycles. The van der Waals surface area contributed by atoms with Crippen LogP contribution in [-0.2, 0) is 4.74 Å². The Morgan fingerprint density at radius 2 is 2.31 bits per heavy atom. The molecule has 2 N–H and O–H groups in total. The first-order valence-electron chi connectivity index (χ1n) is 4.87. The molecule has 2 aromatic rings. The van der Waals surface area contributed by atoms with Crippen LogP contribution in [0.15, 0.2) is 4.42 Å². The summed E-state index contributed by atoms with van der Waals surface area (Å²) in [6.07, 6.45) is 0. The maximum atomic E-state index is 11.5. The van der Waals surface area contributed by atoms with Crippen LogP contribution in [0.5, 0.6) is 0 Å². The van der Waals surface area contributed by atoms with E-state index in [1.807, 2.05) is 6.92 Å². The molecule has 2 rings (SSSR count). The summed E-state index contributed by atoms with van der Waals surface area (Å²) in [4.78, 5) is 11.5. The molecule has 0 saturated carbocycles. The van der Waals surface area contributed by atoms with Gasteiger partial charge in [0.25, 0.3) is 0 Å². The fourth-order valence-corrected chi connectivity index (χ4v) is 1.61. The summed E-state index contributed by atoms with van der Waals surface area (Å²) in [6.45, 7) is 3.37. The second-order valence-electron chi connectivity index (χ2n) is 3.44. The number of aromatic nitrogens is 2. The number of ether oxygens (including phenoxy) is 1. The largest absolute Gasteiger partial charge is 0.457 e. The molecule has 6 nitrogen and oxygen atoms in total. The molecule has 0 saturated heterocycles. The zero-order chi connectivity index (χ0) is 11.7. The fourth-order valence-electron chi connectivity index (χ4n) is 1.61. The lowest BCUT2D eigenvalue weighted by Gasteiger charge is -2.00. The maximum absolute atomic E-state index is 11.5. The van der Waals surface area contributed by atoms with Crippen molar-refractivity contribution in [3.8, 4) is 0 Å². The van der Waals surface area contributed by atoms with Gasteiger partial charge in [0, 0.05) is 11.3 Å². The van der Waals surface area contributed by atoms with Crippen LogP contribution >= 0.6 is 0 Å². The summed E-state index contributed by atoms with van der Waals surface area (Å²) in [5, 5.41) is 16.0. The van der Waals surface area contributed by atoms with Gasteiger partial charge >= 0.3 is 5.97 Å². The van der Waals surface area contributed by atoms with E-state index in [2.05, 4.69) is 10.2 Å². The van der Waals surface area contributed by atoms with Crippen molar-refractivity contribution in [1.29, 1.82) is 0 Å². The van der Waals surface area contributed by atoms with E-state index in [9.17, 15) is 4.79 Å². The zero-order valence-corrected chi connectivity index (χ0v) is 9.03. The minimum Gasteiger partial charge on any atom is -0.457 e. The Kier molecular flexibility index (Phi) is 2.66. The van der Waals surface area contributed by atoms with Crippen LogP contribution in [0.2, 0.25) is 0 Å². The van der Waals surface area contributed by atoms with Crippen molar-refractivity contribution in [1.82, 2.24) is 10.2 Å². The van der Waals surface area contributed by atoms with Crippen LogP contribution < -0.4 is 0 Å². The molecular formula is C10H12N2O4. The maximum Gasteiger partial charge on any atom is 0.374 e. The van der Waals surface area contributed by atoms with Gasteiger partial charge in [-0.2, -0.15) is 0 Å². The number of furan rings is 1. The third kappa shape index (κ3) is 1.57. The van der Waals surface area contributed by atoms with Crippen molar-refractivity contribution in [3.05, 3.63) is 17.0 Å². The summed E-state index contributed by atoms with van der Waals surface area (Å²) in [5.74, 6) is -0.438. The van der Waals surface area contributed by atoms with Crippen LogP contribution in [0.25, 0.3) is 11.1 Å². The highest BCUT2D eigenvalue weighted by molar-refractivity contribution is 5.95. The normalized spacial score (nSPS) is 10.9. The fraction of sp³-hybridized carbons (Fsp3) is 0.400. The third-order valence-corrected chi connectivity index (χ3v) is 2.34. The van der Waals surface area contributed by atoms with E-state index < -0.39 is 5.97 Å². The second-order valence-corrected chi connectivity index (χ2v) is 3.44. The summed E-state index contributed by atoms with van der Waals surface area (Å²) >= 11 is 0. The van der Waals surface area contributed by atoms with Crippen molar-refractivity contribution in [2.24, 2.45) is 0 Å². The smallest absolute Gasteiger partial charge is 0.374 e. The van der Waals surface area contributed by atoms with Gasteiger partial charge in [-0.3, -0.25) is 5.10 Å². The Morgan fingerprint density at radius 3 is 2.94 bits per heavy atom. The van der Waals surface area contributed by atoms with E-state index in [4.69, 9.17) is 14.3 Å². The molecule has 16 heavy (non-hydrogen) atoms. The summed E-state index contributed by atoms with van der Waals surface area (Å²) in [7, 11) is 0. The molecule has 86 valence electrons. The van der Waals surface area contributed by atoms with Gasteiger partial charge in [0.2, 0.25) is 11.5 Å². The molecule has 0 aliphatic rings. The summed E-state index contributed by atoms with van der Waals surface area (Å²) in [5.41, 5.74) is 1.94. The molecule has 0 bridgehead atoms. The third-order valence-electron chi connectivity index (χ3n) is 2.34. The van der Waals surface area contributed by atoms with Crippen molar-refractivity contribution >= 4 is 17.1 Å². The minimum atomic E-state index is -0.580. The highest BCUT2D eigenvalue weighted by Crippen LogP contribution is 2.26. The molecule has 0 radical (unpaired) electrons. The van der Waals surface area contributed by atoms with Crippen LogP contribution in [0, 0.1) is 13.8 Å². The predicted octanol–water partition coefficient (Wildman–Crippen LogP) is 0.922. The molecular weight excluding hydrogens is 212 g/mol. The van der Waals surface area contributed by atoms with Crippen LogP contribution in [0.3, 0.4) is 0 Å². The van der Waals surface area contributed by atoms with Crippen LogP contribution in [-0.4, -0.2) is 34.5 Å². The monoisotopic (exact) mass is 224 g/mol. The van der Waals surface area contributed by atoms with Gasteiger partial charge in [-0.05, 0) is 13.8 Å². The minimum absolute atomic E-state index is 0.0400. The number of carbonyl (C=O) groups is 1. The molecule has 0 unspecified atom stereocenters. The van der Waals surface area contributed by atoms with Crippen molar-refractivity contribution in [3.63, 3.8) is 0 Å². The number of carbonyl (C=O) groups excluding carboxylic acids is 1. The number of rotatable bonds is 3. The molecule has 0 fully saturated rings. The Labute approximate surface area is 91.2 Å². The van der Waals surface area contributed by atoms with Gasteiger partial charge in [-0.15, -0.1) is 5.10 Å². The summed E-state index contributed by atoms with van der Waals surface area (Å²) in [6, 6.07) is 0. The number of nitrogens with one attached hydrogen (secondary N) is 1. The van der Waals surface area contributed by atoms with E-state index in [0.29, 0.717) is 11.3 Å². The van der Waals surface area contributed by atoms with Crippen LogP contribution in [0.4, 0.5) is 0 Å². The molecule has 0 atom stereocenters.